The predicted molar refractivity (Wildman–Crippen MR) is 69.5 cm³/mol. The second kappa shape index (κ2) is 4.10. The molecule has 0 radical (unpaired) electrons. The van der Waals surface area contributed by atoms with Gasteiger partial charge in [-0.3, -0.25) is 4.90 Å². The highest BCUT2D eigenvalue weighted by Gasteiger charge is 2.30. The fourth-order valence-electron chi connectivity index (χ4n) is 2.41. The van der Waals surface area contributed by atoms with Crippen LogP contribution in [0, 0.1) is 0 Å². The lowest BCUT2D eigenvalue weighted by Gasteiger charge is -2.31. The van der Waals surface area contributed by atoms with Crippen molar-refractivity contribution in [2.24, 2.45) is 0 Å². The summed E-state index contributed by atoms with van der Waals surface area (Å²) in [5.74, 6) is 0.680. The SMILES string of the molecule is CC(C)(C)N1CCC(c2ccc(N)cc2)C1. The van der Waals surface area contributed by atoms with E-state index in [1.165, 1.54) is 25.1 Å². The Morgan fingerprint density at radius 2 is 1.81 bits per heavy atom. The molecule has 1 aliphatic heterocycles. The Morgan fingerprint density at radius 3 is 2.31 bits per heavy atom. The van der Waals surface area contributed by atoms with E-state index < -0.39 is 0 Å². The lowest BCUT2D eigenvalue weighted by Crippen LogP contribution is -2.39. The lowest BCUT2D eigenvalue weighted by molar-refractivity contribution is 0.173. The first-order valence-corrected chi connectivity index (χ1v) is 6.07. The van der Waals surface area contributed by atoms with Crippen LogP contribution in [0.15, 0.2) is 24.3 Å². The van der Waals surface area contributed by atoms with Crippen LogP contribution in [0.25, 0.3) is 0 Å². The summed E-state index contributed by atoms with van der Waals surface area (Å²) >= 11 is 0. The van der Waals surface area contributed by atoms with Crippen molar-refractivity contribution in [1.82, 2.24) is 4.90 Å². The van der Waals surface area contributed by atoms with Crippen molar-refractivity contribution in [3.63, 3.8) is 0 Å². The topological polar surface area (TPSA) is 29.3 Å². The predicted octanol–water partition coefficient (Wildman–Crippen LogP) is 2.86. The minimum Gasteiger partial charge on any atom is -0.399 e. The second-order valence-electron chi connectivity index (χ2n) is 5.77. The van der Waals surface area contributed by atoms with Crippen LogP contribution in [0.4, 0.5) is 5.69 Å². The van der Waals surface area contributed by atoms with Gasteiger partial charge in [0.05, 0.1) is 0 Å². The van der Waals surface area contributed by atoms with E-state index >= 15 is 0 Å². The number of nitrogens with two attached hydrogens (primary N) is 1. The molecule has 1 aliphatic rings. The summed E-state index contributed by atoms with van der Waals surface area (Å²) in [5, 5.41) is 0. The highest BCUT2D eigenvalue weighted by molar-refractivity contribution is 5.40. The normalized spacial score (nSPS) is 22.6. The summed E-state index contributed by atoms with van der Waals surface area (Å²) in [4.78, 5) is 2.56. The number of rotatable bonds is 1. The molecule has 0 bridgehead atoms. The largest absolute Gasteiger partial charge is 0.399 e. The van der Waals surface area contributed by atoms with Gasteiger partial charge in [0.25, 0.3) is 0 Å². The first kappa shape index (κ1) is 11.5. The van der Waals surface area contributed by atoms with Crippen molar-refractivity contribution in [2.45, 2.75) is 38.6 Å². The van der Waals surface area contributed by atoms with Crippen molar-refractivity contribution < 1.29 is 0 Å². The monoisotopic (exact) mass is 218 g/mol. The molecule has 1 saturated heterocycles. The minimum atomic E-state index is 0.294. The molecule has 88 valence electrons. The van der Waals surface area contributed by atoms with Crippen molar-refractivity contribution in [2.75, 3.05) is 18.8 Å². The third-order valence-corrected chi connectivity index (χ3v) is 3.54. The van der Waals surface area contributed by atoms with Gasteiger partial charge in [0.2, 0.25) is 0 Å². The zero-order valence-corrected chi connectivity index (χ0v) is 10.5. The average Bonchev–Trinajstić information content (AvgIpc) is 2.67. The zero-order valence-electron chi connectivity index (χ0n) is 10.5. The molecule has 1 unspecified atom stereocenters. The summed E-state index contributed by atoms with van der Waals surface area (Å²) in [6.07, 6.45) is 1.27. The molecule has 1 heterocycles. The maximum atomic E-state index is 5.71. The molecule has 0 saturated carbocycles. The molecule has 2 nitrogen and oxygen atoms in total. The van der Waals surface area contributed by atoms with Crippen LogP contribution in [-0.2, 0) is 0 Å². The van der Waals surface area contributed by atoms with Gasteiger partial charge in [-0.2, -0.15) is 0 Å². The van der Waals surface area contributed by atoms with Crippen molar-refractivity contribution in [3.8, 4) is 0 Å². The van der Waals surface area contributed by atoms with Gasteiger partial charge in [0.1, 0.15) is 0 Å². The van der Waals surface area contributed by atoms with Crippen LogP contribution in [0.1, 0.15) is 38.7 Å². The van der Waals surface area contributed by atoms with Gasteiger partial charge in [-0.1, -0.05) is 12.1 Å². The zero-order chi connectivity index (χ0) is 11.8. The van der Waals surface area contributed by atoms with Crippen LogP contribution < -0.4 is 5.73 Å². The van der Waals surface area contributed by atoms with E-state index in [-0.39, 0.29) is 0 Å². The number of nitrogens with zero attached hydrogens (tertiary/aromatic N) is 1. The Balaban J connectivity index is 2.06. The number of likely N-dealkylation sites (tertiary alicyclic amines) is 1. The molecule has 0 amide bonds. The lowest BCUT2D eigenvalue weighted by atomic mass is 9.98. The summed E-state index contributed by atoms with van der Waals surface area (Å²) < 4.78 is 0. The molecule has 16 heavy (non-hydrogen) atoms. The Hall–Kier alpha value is -1.02. The van der Waals surface area contributed by atoms with E-state index in [2.05, 4.69) is 37.8 Å². The fourth-order valence-corrected chi connectivity index (χ4v) is 2.41. The number of hydrogen-bond donors (Lipinski definition) is 1. The van der Waals surface area contributed by atoms with E-state index in [1.54, 1.807) is 0 Å². The molecule has 2 heteroatoms. The summed E-state index contributed by atoms with van der Waals surface area (Å²) in [6.45, 7) is 9.25. The molecule has 1 fully saturated rings. The molecular formula is C14H22N2. The smallest absolute Gasteiger partial charge is 0.0314 e. The van der Waals surface area contributed by atoms with Gasteiger partial charge in [0.15, 0.2) is 0 Å². The minimum absolute atomic E-state index is 0.294. The Bertz CT molecular complexity index is 348. The highest BCUT2D eigenvalue weighted by atomic mass is 15.2. The highest BCUT2D eigenvalue weighted by Crippen LogP contribution is 2.31. The molecule has 1 aromatic rings. The van der Waals surface area contributed by atoms with Crippen LogP contribution in [0.5, 0.6) is 0 Å². The van der Waals surface area contributed by atoms with E-state index in [0.717, 1.165) is 5.69 Å². The quantitative estimate of drug-likeness (QED) is 0.734. The molecule has 0 aliphatic carbocycles. The van der Waals surface area contributed by atoms with Gasteiger partial charge in [-0.25, -0.2) is 0 Å². The van der Waals surface area contributed by atoms with Crippen molar-refractivity contribution in [1.29, 1.82) is 0 Å². The van der Waals surface area contributed by atoms with Crippen molar-refractivity contribution in [3.05, 3.63) is 29.8 Å². The Kier molecular flexibility index (Phi) is 2.94. The van der Waals surface area contributed by atoms with Crippen LogP contribution >= 0.6 is 0 Å². The number of anilines is 1. The number of hydrogen-bond acceptors (Lipinski definition) is 2. The fraction of sp³-hybridized carbons (Fsp3) is 0.571. The van der Waals surface area contributed by atoms with E-state index in [1.807, 2.05) is 12.1 Å². The molecular weight excluding hydrogens is 196 g/mol. The van der Waals surface area contributed by atoms with Gasteiger partial charge in [-0.15, -0.1) is 0 Å². The van der Waals surface area contributed by atoms with E-state index in [4.69, 9.17) is 5.73 Å². The van der Waals surface area contributed by atoms with Crippen LogP contribution in [0.2, 0.25) is 0 Å². The summed E-state index contributed by atoms with van der Waals surface area (Å²) in [6, 6.07) is 8.36. The standard InChI is InChI=1S/C14H22N2/c1-14(2,3)16-9-8-12(10-16)11-4-6-13(15)7-5-11/h4-7,12H,8-10,15H2,1-3H3. The Morgan fingerprint density at radius 1 is 1.19 bits per heavy atom. The molecule has 2 N–H and O–H groups in total. The first-order chi connectivity index (χ1) is 7.47. The summed E-state index contributed by atoms with van der Waals surface area (Å²) in [5.41, 5.74) is 8.29. The van der Waals surface area contributed by atoms with Gasteiger partial charge in [0, 0.05) is 17.8 Å². The van der Waals surface area contributed by atoms with E-state index in [0.29, 0.717) is 11.5 Å². The summed E-state index contributed by atoms with van der Waals surface area (Å²) in [7, 11) is 0. The molecule has 0 aromatic heterocycles. The van der Waals surface area contributed by atoms with Crippen LogP contribution in [-0.4, -0.2) is 23.5 Å². The van der Waals surface area contributed by atoms with Crippen molar-refractivity contribution >= 4 is 5.69 Å². The van der Waals surface area contributed by atoms with Gasteiger partial charge in [-0.05, 0) is 57.4 Å². The maximum absolute atomic E-state index is 5.71. The second-order valence-corrected chi connectivity index (χ2v) is 5.77. The number of benzene rings is 1. The molecule has 2 rings (SSSR count). The molecule has 1 atom stereocenters. The Labute approximate surface area is 98.4 Å². The van der Waals surface area contributed by atoms with Crippen LogP contribution in [0.3, 0.4) is 0 Å². The molecule has 1 aromatic carbocycles. The first-order valence-electron chi connectivity index (χ1n) is 6.07. The van der Waals surface area contributed by atoms with Gasteiger partial charge < -0.3 is 5.73 Å². The third kappa shape index (κ3) is 2.38. The number of nitrogen functional groups attached to an aromatic ring is 1. The maximum Gasteiger partial charge on any atom is 0.0314 e. The van der Waals surface area contributed by atoms with Gasteiger partial charge >= 0.3 is 0 Å². The van der Waals surface area contributed by atoms with E-state index in [9.17, 15) is 0 Å². The molecule has 0 spiro atoms. The average molecular weight is 218 g/mol. The third-order valence-electron chi connectivity index (χ3n) is 3.54.